The standard InChI is InChI=1S/C16H35NO4/c1-15(2)5-6-16(3)17-7-8-19-11-12-21-14-13-20-10-9-18-4/h15-17H,5-14H2,1-4H3. The van der Waals surface area contributed by atoms with Gasteiger partial charge in [0.25, 0.3) is 0 Å². The Kier molecular flexibility index (Phi) is 16.0. The van der Waals surface area contributed by atoms with Crippen LogP contribution in [0.4, 0.5) is 0 Å². The fraction of sp³-hybridized carbons (Fsp3) is 1.00. The number of hydrogen-bond donors (Lipinski definition) is 1. The molecular weight excluding hydrogens is 270 g/mol. The summed E-state index contributed by atoms with van der Waals surface area (Å²) in [6.45, 7) is 12.1. The van der Waals surface area contributed by atoms with E-state index >= 15 is 0 Å². The van der Waals surface area contributed by atoms with Gasteiger partial charge in [0, 0.05) is 19.7 Å². The normalized spacial score (nSPS) is 13.0. The van der Waals surface area contributed by atoms with E-state index in [0.717, 1.165) is 19.1 Å². The predicted octanol–water partition coefficient (Wildman–Crippen LogP) is 2.10. The van der Waals surface area contributed by atoms with Crippen molar-refractivity contribution < 1.29 is 18.9 Å². The monoisotopic (exact) mass is 305 g/mol. The Morgan fingerprint density at radius 3 is 1.76 bits per heavy atom. The zero-order valence-electron chi connectivity index (χ0n) is 14.4. The topological polar surface area (TPSA) is 49.0 Å². The maximum absolute atomic E-state index is 5.51. The lowest BCUT2D eigenvalue weighted by Crippen LogP contribution is -2.30. The minimum atomic E-state index is 0.566. The molecule has 0 aromatic carbocycles. The maximum atomic E-state index is 5.51. The smallest absolute Gasteiger partial charge is 0.0701 e. The first-order valence-corrected chi connectivity index (χ1v) is 8.12. The molecule has 1 atom stereocenters. The van der Waals surface area contributed by atoms with E-state index in [0.29, 0.717) is 45.7 Å². The number of ether oxygens (including phenoxy) is 4. The lowest BCUT2D eigenvalue weighted by atomic mass is 10.0. The molecule has 5 heteroatoms. The van der Waals surface area contributed by atoms with Crippen LogP contribution in [0.2, 0.25) is 0 Å². The molecule has 1 unspecified atom stereocenters. The highest BCUT2D eigenvalue weighted by Gasteiger charge is 2.02. The highest BCUT2D eigenvalue weighted by atomic mass is 16.6. The van der Waals surface area contributed by atoms with Crippen molar-refractivity contribution in [2.75, 3.05) is 59.9 Å². The van der Waals surface area contributed by atoms with Crippen molar-refractivity contribution >= 4 is 0 Å². The third-order valence-electron chi connectivity index (χ3n) is 3.09. The van der Waals surface area contributed by atoms with Gasteiger partial charge < -0.3 is 24.3 Å². The molecule has 0 aliphatic rings. The third-order valence-corrected chi connectivity index (χ3v) is 3.09. The highest BCUT2D eigenvalue weighted by Crippen LogP contribution is 2.05. The van der Waals surface area contributed by atoms with E-state index in [1.807, 2.05) is 0 Å². The Labute approximate surface area is 130 Å². The van der Waals surface area contributed by atoms with E-state index < -0.39 is 0 Å². The van der Waals surface area contributed by atoms with Crippen LogP contribution < -0.4 is 5.32 Å². The van der Waals surface area contributed by atoms with Gasteiger partial charge in [0.2, 0.25) is 0 Å². The van der Waals surface area contributed by atoms with Gasteiger partial charge in [-0.25, -0.2) is 0 Å². The van der Waals surface area contributed by atoms with E-state index in [-0.39, 0.29) is 0 Å². The number of rotatable bonds is 16. The second-order valence-electron chi connectivity index (χ2n) is 5.66. The Morgan fingerprint density at radius 2 is 1.24 bits per heavy atom. The second-order valence-corrected chi connectivity index (χ2v) is 5.66. The first-order chi connectivity index (χ1) is 10.2. The first-order valence-electron chi connectivity index (χ1n) is 8.12. The molecule has 0 spiro atoms. The summed E-state index contributed by atoms with van der Waals surface area (Å²) >= 11 is 0. The fourth-order valence-electron chi connectivity index (χ4n) is 1.75. The summed E-state index contributed by atoms with van der Waals surface area (Å²) in [6.07, 6.45) is 2.50. The molecule has 0 rings (SSSR count). The van der Waals surface area contributed by atoms with Crippen molar-refractivity contribution in [2.45, 2.75) is 39.7 Å². The van der Waals surface area contributed by atoms with E-state index in [4.69, 9.17) is 18.9 Å². The molecule has 0 heterocycles. The van der Waals surface area contributed by atoms with Gasteiger partial charge in [-0.1, -0.05) is 13.8 Å². The van der Waals surface area contributed by atoms with Gasteiger partial charge in [0.1, 0.15) is 0 Å². The largest absolute Gasteiger partial charge is 0.382 e. The third kappa shape index (κ3) is 17.7. The van der Waals surface area contributed by atoms with Crippen LogP contribution in [-0.4, -0.2) is 65.9 Å². The minimum absolute atomic E-state index is 0.566. The molecule has 128 valence electrons. The lowest BCUT2D eigenvalue weighted by Gasteiger charge is -2.15. The molecule has 0 saturated carbocycles. The summed E-state index contributed by atoms with van der Waals surface area (Å²) in [5.41, 5.74) is 0. The lowest BCUT2D eigenvalue weighted by molar-refractivity contribution is 0.00394. The Balaban J connectivity index is 3.08. The van der Waals surface area contributed by atoms with Gasteiger partial charge in [-0.05, 0) is 25.7 Å². The molecule has 0 amide bonds. The summed E-state index contributed by atoms with van der Waals surface area (Å²) in [5, 5.41) is 3.47. The molecule has 5 nitrogen and oxygen atoms in total. The molecule has 1 N–H and O–H groups in total. The summed E-state index contributed by atoms with van der Waals surface area (Å²) in [5.74, 6) is 0.779. The Bertz CT molecular complexity index is 203. The molecule has 0 aromatic heterocycles. The average molecular weight is 305 g/mol. The molecule has 0 fully saturated rings. The molecule has 0 radical (unpaired) electrons. The summed E-state index contributed by atoms with van der Waals surface area (Å²) in [6, 6.07) is 0.566. The van der Waals surface area contributed by atoms with Gasteiger partial charge in [-0.15, -0.1) is 0 Å². The van der Waals surface area contributed by atoms with Crippen LogP contribution in [0.15, 0.2) is 0 Å². The van der Waals surface area contributed by atoms with Gasteiger partial charge in [0.15, 0.2) is 0 Å². The second kappa shape index (κ2) is 16.2. The maximum Gasteiger partial charge on any atom is 0.0701 e. The fourth-order valence-corrected chi connectivity index (χ4v) is 1.75. The van der Waals surface area contributed by atoms with Crippen molar-refractivity contribution in [3.05, 3.63) is 0 Å². The highest BCUT2D eigenvalue weighted by molar-refractivity contribution is 4.61. The summed E-state index contributed by atoms with van der Waals surface area (Å²) in [4.78, 5) is 0. The molecule has 0 bridgehead atoms. The number of nitrogens with one attached hydrogen (secondary N) is 1. The molecular formula is C16H35NO4. The Hall–Kier alpha value is -0.200. The van der Waals surface area contributed by atoms with Gasteiger partial charge >= 0.3 is 0 Å². The van der Waals surface area contributed by atoms with Gasteiger partial charge in [-0.3, -0.25) is 0 Å². The van der Waals surface area contributed by atoms with Crippen molar-refractivity contribution in [3.8, 4) is 0 Å². The first kappa shape index (κ1) is 20.8. The van der Waals surface area contributed by atoms with Crippen molar-refractivity contribution in [2.24, 2.45) is 5.92 Å². The average Bonchev–Trinajstić information content (AvgIpc) is 2.46. The van der Waals surface area contributed by atoms with Crippen LogP contribution in [0, 0.1) is 5.92 Å². The van der Waals surface area contributed by atoms with Crippen LogP contribution in [0.1, 0.15) is 33.6 Å². The number of methoxy groups -OCH3 is 1. The number of hydrogen-bond acceptors (Lipinski definition) is 5. The molecule has 0 aliphatic carbocycles. The van der Waals surface area contributed by atoms with E-state index in [9.17, 15) is 0 Å². The molecule has 0 aliphatic heterocycles. The quantitative estimate of drug-likeness (QED) is 0.443. The van der Waals surface area contributed by atoms with E-state index in [1.165, 1.54) is 12.8 Å². The van der Waals surface area contributed by atoms with Crippen LogP contribution >= 0.6 is 0 Å². The van der Waals surface area contributed by atoms with Crippen molar-refractivity contribution in [1.29, 1.82) is 0 Å². The van der Waals surface area contributed by atoms with E-state index in [2.05, 4.69) is 26.1 Å². The van der Waals surface area contributed by atoms with Crippen LogP contribution in [0.25, 0.3) is 0 Å². The van der Waals surface area contributed by atoms with Crippen molar-refractivity contribution in [3.63, 3.8) is 0 Å². The van der Waals surface area contributed by atoms with E-state index in [1.54, 1.807) is 7.11 Å². The predicted molar refractivity (Wildman–Crippen MR) is 85.9 cm³/mol. The minimum Gasteiger partial charge on any atom is -0.382 e. The summed E-state index contributed by atoms with van der Waals surface area (Å²) in [7, 11) is 1.66. The van der Waals surface area contributed by atoms with Gasteiger partial charge in [-0.2, -0.15) is 0 Å². The van der Waals surface area contributed by atoms with Crippen molar-refractivity contribution in [1.82, 2.24) is 5.32 Å². The van der Waals surface area contributed by atoms with Crippen LogP contribution in [0.3, 0.4) is 0 Å². The SMILES string of the molecule is COCCOCCOCCOCCNC(C)CCC(C)C. The van der Waals surface area contributed by atoms with Gasteiger partial charge in [0.05, 0.1) is 46.2 Å². The summed E-state index contributed by atoms with van der Waals surface area (Å²) < 4.78 is 21.1. The van der Waals surface area contributed by atoms with Crippen LogP contribution in [0.5, 0.6) is 0 Å². The zero-order chi connectivity index (χ0) is 15.8. The Morgan fingerprint density at radius 1 is 0.714 bits per heavy atom. The molecule has 21 heavy (non-hydrogen) atoms. The molecule has 0 aromatic rings. The van der Waals surface area contributed by atoms with Crippen LogP contribution in [-0.2, 0) is 18.9 Å². The molecule has 0 saturated heterocycles. The zero-order valence-corrected chi connectivity index (χ0v) is 14.4.